The lowest BCUT2D eigenvalue weighted by Crippen LogP contribution is -2.33. The van der Waals surface area contributed by atoms with Crippen molar-refractivity contribution in [2.45, 2.75) is 31.8 Å². The summed E-state index contributed by atoms with van der Waals surface area (Å²) >= 11 is 6.93. The van der Waals surface area contributed by atoms with Crippen LogP contribution in [0, 0.1) is 4.77 Å². The average Bonchev–Trinajstić information content (AvgIpc) is 3.34. The Balaban J connectivity index is 1.58. The number of hydrogen-bond acceptors (Lipinski definition) is 4. The second-order valence-electron chi connectivity index (χ2n) is 6.17. The van der Waals surface area contributed by atoms with Gasteiger partial charge in [0, 0.05) is 0 Å². The van der Waals surface area contributed by atoms with Gasteiger partial charge in [0.1, 0.15) is 6.04 Å². The maximum absolute atomic E-state index is 12.9. The molecule has 4 rings (SSSR count). The smallest absolute Gasteiger partial charge is 0.243 e. The van der Waals surface area contributed by atoms with Gasteiger partial charge in [0.2, 0.25) is 5.91 Å². The molecule has 0 unspecified atom stereocenters. The van der Waals surface area contributed by atoms with Crippen molar-refractivity contribution in [2.75, 3.05) is 0 Å². The predicted molar refractivity (Wildman–Crippen MR) is 101 cm³/mol. The molecule has 128 valence electrons. The van der Waals surface area contributed by atoms with E-state index in [1.165, 1.54) is 11.1 Å². The van der Waals surface area contributed by atoms with Crippen LogP contribution in [0.3, 0.4) is 0 Å². The Morgan fingerprint density at radius 1 is 1.40 bits per heavy atom. The highest BCUT2D eigenvalue weighted by Crippen LogP contribution is 2.31. The fourth-order valence-corrected chi connectivity index (χ4v) is 4.36. The van der Waals surface area contributed by atoms with E-state index < -0.39 is 6.04 Å². The number of hydrogen-bond donors (Lipinski definition) is 2. The SMILES string of the molecule is C[C@H](C(=O)N[C@@H]1CCc2ccccc21)n1c(-c2cccs2)n[nH]c1=S. The molecule has 2 aromatic heterocycles. The molecule has 2 N–H and O–H groups in total. The standard InChI is InChI=1S/C18H18N4OS2/c1-11(22-16(20-21-18(22)24)15-7-4-10-25-15)17(23)19-14-9-8-12-5-2-3-6-13(12)14/h2-7,10-11,14H,8-9H2,1H3,(H,19,23)(H,21,24)/t11-,14-/m1/s1. The summed E-state index contributed by atoms with van der Waals surface area (Å²) in [5, 5.41) is 12.3. The molecule has 7 heteroatoms. The number of fused-ring (bicyclic) bond motifs is 1. The summed E-state index contributed by atoms with van der Waals surface area (Å²) in [6.07, 6.45) is 1.94. The van der Waals surface area contributed by atoms with Crippen LogP contribution in [0.25, 0.3) is 10.7 Å². The van der Waals surface area contributed by atoms with Crippen LogP contribution >= 0.6 is 23.6 Å². The quantitative estimate of drug-likeness (QED) is 0.682. The first-order chi connectivity index (χ1) is 12.1. The lowest BCUT2D eigenvalue weighted by atomic mass is 10.1. The maximum atomic E-state index is 12.9. The van der Waals surface area contributed by atoms with Gasteiger partial charge >= 0.3 is 0 Å². The molecule has 0 spiro atoms. The van der Waals surface area contributed by atoms with Gasteiger partial charge in [-0.25, -0.2) is 0 Å². The number of aromatic nitrogens is 3. The summed E-state index contributed by atoms with van der Waals surface area (Å²) in [7, 11) is 0. The molecule has 1 amide bonds. The van der Waals surface area contributed by atoms with E-state index in [2.05, 4.69) is 27.6 Å². The second kappa shape index (κ2) is 6.57. The summed E-state index contributed by atoms with van der Waals surface area (Å²) in [6, 6.07) is 11.9. The van der Waals surface area contributed by atoms with Gasteiger partial charge in [0.05, 0.1) is 10.9 Å². The summed E-state index contributed by atoms with van der Waals surface area (Å²) in [5.41, 5.74) is 2.54. The first-order valence-electron chi connectivity index (χ1n) is 8.24. The Bertz CT molecular complexity index is 958. The highest BCUT2D eigenvalue weighted by Gasteiger charge is 2.27. The Kier molecular flexibility index (Phi) is 4.27. The van der Waals surface area contributed by atoms with Crippen LogP contribution in [0.5, 0.6) is 0 Å². The molecule has 0 fully saturated rings. The number of nitrogens with one attached hydrogen (secondary N) is 2. The number of amides is 1. The van der Waals surface area contributed by atoms with Crippen molar-refractivity contribution < 1.29 is 4.79 Å². The first-order valence-corrected chi connectivity index (χ1v) is 9.53. The van der Waals surface area contributed by atoms with E-state index >= 15 is 0 Å². The van der Waals surface area contributed by atoms with Gasteiger partial charge in [-0.05, 0) is 54.6 Å². The molecule has 1 aliphatic rings. The van der Waals surface area contributed by atoms with E-state index in [0.29, 0.717) is 10.6 Å². The molecule has 1 aromatic carbocycles. The van der Waals surface area contributed by atoms with Crippen LogP contribution in [-0.2, 0) is 11.2 Å². The second-order valence-corrected chi connectivity index (χ2v) is 7.51. The summed E-state index contributed by atoms with van der Waals surface area (Å²) in [5.74, 6) is 0.659. The normalized spacial score (nSPS) is 17.2. The van der Waals surface area contributed by atoms with E-state index in [-0.39, 0.29) is 11.9 Å². The number of aromatic amines is 1. The Morgan fingerprint density at radius 3 is 3.04 bits per heavy atom. The van der Waals surface area contributed by atoms with Crippen molar-refractivity contribution in [3.63, 3.8) is 0 Å². The molecule has 0 saturated heterocycles. The molecule has 1 aliphatic carbocycles. The van der Waals surface area contributed by atoms with Gasteiger partial charge in [-0.15, -0.1) is 11.3 Å². The number of benzene rings is 1. The van der Waals surface area contributed by atoms with Crippen LogP contribution in [-0.4, -0.2) is 20.7 Å². The monoisotopic (exact) mass is 370 g/mol. The third-order valence-electron chi connectivity index (χ3n) is 4.66. The van der Waals surface area contributed by atoms with E-state index in [9.17, 15) is 4.79 Å². The third-order valence-corrected chi connectivity index (χ3v) is 5.82. The average molecular weight is 371 g/mol. The molecule has 0 saturated carbocycles. The molecule has 0 radical (unpaired) electrons. The summed E-state index contributed by atoms with van der Waals surface area (Å²) in [4.78, 5) is 13.8. The minimum Gasteiger partial charge on any atom is -0.347 e. The van der Waals surface area contributed by atoms with Crippen molar-refractivity contribution in [3.05, 3.63) is 57.7 Å². The number of aryl methyl sites for hydroxylation is 1. The highest BCUT2D eigenvalue weighted by molar-refractivity contribution is 7.71. The van der Waals surface area contributed by atoms with Crippen molar-refractivity contribution in [2.24, 2.45) is 0 Å². The van der Waals surface area contributed by atoms with Crippen molar-refractivity contribution in [1.82, 2.24) is 20.1 Å². The molecule has 25 heavy (non-hydrogen) atoms. The number of carbonyl (C=O) groups excluding carboxylic acids is 1. The lowest BCUT2D eigenvalue weighted by Gasteiger charge is -2.19. The minimum atomic E-state index is -0.434. The zero-order chi connectivity index (χ0) is 17.4. The molecular weight excluding hydrogens is 352 g/mol. The van der Waals surface area contributed by atoms with Crippen molar-refractivity contribution >= 4 is 29.5 Å². The van der Waals surface area contributed by atoms with E-state index in [0.717, 1.165) is 17.7 Å². The highest BCUT2D eigenvalue weighted by atomic mass is 32.1. The number of nitrogens with zero attached hydrogens (tertiary/aromatic N) is 2. The fraction of sp³-hybridized carbons (Fsp3) is 0.278. The molecule has 0 bridgehead atoms. The van der Waals surface area contributed by atoms with Gasteiger partial charge in [0.25, 0.3) is 0 Å². The summed E-state index contributed by atoms with van der Waals surface area (Å²) < 4.78 is 2.25. The number of H-pyrrole nitrogens is 1. The number of thiophene rings is 1. The molecule has 3 aromatic rings. The van der Waals surface area contributed by atoms with E-state index in [4.69, 9.17) is 12.2 Å². The zero-order valence-corrected chi connectivity index (χ0v) is 15.4. The van der Waals surface area contributed by atoms with Gasteiger partial charge < -0.3 is 5.32 Å². The van der Waals surface area contributed by atoms with E-state index in [1.54, 1.807) is 15.9 Å². The molecule has 2 atom stereocenters. The van der Waals surface area contributed by atoms with Crippen LogP contribution in [0.4, 0.5) is 0 Å². The molecule has 2 heterocycles. The lowest BCUT2D eigenvalue weighted by molar-refractivity contribution is -0.124. The molecular formula is C18H18N4OS2. The van der Waals surface area contributed by atoms with Gasteiger partial charge in [-0.1, -0.05) is 30.3 Å². The van der Waals surface area contributed by atoms with Crippen LogP contribution < -0.4 is 5.32 Å². The largest absolute Gasteiger partial charge is 0.347 e. The van der Waals surface area contributed by atoms with Crippen LogP contribution in [0.1, 0.15) is 36.6 Å². The maximum Gasteiger partial charge on any atom is 0.243 e. The molecule has 5 nitrogen and oxygen atoms in total. The third kappa shape index (κ3) is 2.94. The molecule has 0 aliphatic heterocycles. The first kappa shape index (κ1) is 16.2. The van der Waals surface area contributed by atoms with E-state index in [1.807, 2.05) is 36.6 Å². The Labute approximate surface area is 154 Å². The summed E-state index contributed by atoms with van der Waals surface area (Å²) in [6.45, 7) is 1.86. The minimum absolute atomic E-state index is 0.0444. The van der Waals surface area contributed by atoms with Crippen molar-refractivity contribution in [3.8, 4) is 10.7 Å². The van der Waals surface area contributed by atoms with Crippen LogP contribution in [0.15, 0.2) is 41.8 Å². The van der Waals surface area contributed by atoms with Crippen molar-refractivity contribution in [1.29, 1.82) is 0 Å². The topological polar surface area (TPSA) is 62.7 Å². The number of carbonyl (C=O) groups is 1. The van der Waals surface area contributed by atoms with Gasteiger partial charge in [-0.3, -0.25) is 14.5 Å². The number of rotatable bonds is 4. The van der Waals surface area contributed by atoms with Gasteiger partial charge in [0.15, 0.2) is 10.6 Å². The Morgan fingerprint density at radius 2 is 2.24 bits per heavy atom. The van der Waals surface area contributed by atoms with Gasteiger partial charge in [-0.2, -0.15) is 5.10 Å². The fourth-order valence-electron chi connectivity index (χ4n) is 3.36. The zero-order valence-electron chi connectivity index (χ0n) is 13.7. The van der Waals surface area contributed by atoms with Crippen LogP contribution in [0.2, 0.25) is 0 Å². The Hall–Kier alpha value is -2.25. The predicted octanol–water partition coefficient (Wildman–Crippen LogP) is 4.03.